The molecule has 2 aromatic rings. The second-order valence-corrected chi connectivity index (χ2v) is 6.21. The van der Waals surface area contributed by atoms with Crippen molar-refractivity contribution in [1.29, 1.82) is 0 Å². The topological polar surface area (TPSA) is 37.8 Å². The van der Waals surface area contributed by atoms with Crippen LogP contribution in [0.15, 0.2) is 43.0 Å². The van der Waals surface area contributed by atoms with Crippen LogP contribution >= 0.6 is 0 Å². The second kappa shape index (κ2) is 5.23. The molecule has 108 valence electrons. The van der Waals surface area contributed by atoms with Gasteiger partial charge >= 0.3 is 0 Å². The molecule has 4 unspecified atom stereocenters. The van der Waals surface area contributed by atoms with Crippen LogP contribution in [0.2, 0.25) is 0 Å². The molecule has 0 aliphatic heterocycles. The molecule has 0 bridgehead atoms. The number of rotatable bonds is 4. The average molecular weight is 279 g/mol. The van der Waals surface area contributed by atoms with Crippen molar-refractivity contribution in [1.82, 2.24) is 15.3 Å². The van der Waals surface area contributed by atoms with Gasteiger partial charge in [0.25, 0.3) is 0 Å². The Kier molecular flexibility index (Phi) is 3.23. The summed E-state index contributed by atoms with van der Waals surface area (Å²) in [6.07, 6.45) is 8.11. The van der Waals surface area contributed by atoms with Gasteiger partial charge in [-0.2, -0.15) is 0 Å². The molecule has 1 heterocycles. The smallest absolute Gasteiger partial charge is 0.115 e. The zero-order chi connectivity index (χ0) is 14.2. The molecule has 0 amide bonds. The van der Waals surface area contributed by atoms with E-state index in [2.05, 4.69) is 46.5 Å². The summed E-state index contributed by atoms with van der Waals surface area (Å²) in [4.78, 5) is 8.42. The Morgan fingerprint density at radius 3 is 2.86 bits per heavy atom. The van der Waals surface area contributed by atoms with Crippen molar-refractivity contribution in [2.75, 3.05) is 6.54 Å². The van der Waals surface area contributed by atoms with Crippen LogP contribution in [0.25, 0.3) is 0 Å². The summed E-state index contributed by atoms with van der Waals surface area (Å²) in [6, 6.07) is 9.37. The van der Waals surface area contributed by atoms with Gasteiger partial charge in [-0.25, -0.2) is 9.97 Å². The molecule has 3 heteroatoms. The van der Waals surface area contributed by atoms with Crippen molar-refractivity contribution in [2.24, 2.45) is 11.8 Å². The lowest BCUT2D eigenvalue weighted by molar-refractivity contribution is 0.458. The first-order valence-corrected chi connectivity index (χ1v) is 7.96. The van der Waals surface area contributed by atoms with E-state index in [1.807, 2.05) is 12.4 Å². The molecule has 3 nitrogen and oxygen atoms in total. The van der Waals surface area contributed by atoms with Crippen LogP contribution in [-0.4, -0.2) is 16.5 Å². The lowest BCUT2D eigenvalue weighted by Gasteiger charge is -2.18. The minimum atomic E-state index is 0.386. The van der Waals surface area contributed by atoms with Crippen molar-refractivity contribution >= 4 is 0 Å². The molecule has 4 atom stereocenters. The van der Waals surface area contributed by atoms with E-state index < -0.39 is 0 Å². The van der Waals surface area contributed by atoms with Crippen LogP contribution in [0.1, 0.15) is 42.0 Å². The second-order valence-electron chi connectivity index (χ2n) is 6.21. The number of aromatic nitrogens is 2. The van der Waals surface area contributed by atoms with Crippen molar-refractivity contribution in [3.63, 3.8) is 0 Å². The molecule has 1 saturated carbocycles. The molecule has 0 saturated heterocycles. The van der Waals surface area contributed by atoms with Crippen molar-refractivity contribution in [3.8, 4) is 0 Å². The number of fused-ring (bicyclic) bond motifs is 3. The number of aryl methyl sites for hydroxylation is 1. The maximum atomic E-state index is 4.21. The quantitative estimate of drug-likeness (QED) is 0.934. The van der Waals surface area contributed by atoms with Gasteiger partial charge in [0.15, 0.2) is 0 Å². The van der Waals surface area contributed by atoms with Crippen LogP contribution in [0.3, 0.4) is 0 Å². The molecule has 1 fully saturated rings. The van der Waals surface area contributed by atoms with Gasteiger partial charge in [-0.15, -0.1) is 0 Å². The van der Waals surface area contributed by atoms with Gasteiger partial charge in [-0.1, -0.05) is 31.2 Å². The number of nitrogens with one attached hydrogen (secondary N) is 1. The first kappa shape index (κ1) is 13.0. The van der Waals surface area contributed by atoms with E-state index in [0.29, 0.717) is 12.0 Å². The summed E-state index contributed by atoms with van der Waals surface area (Å²) in [5.41, 5.74) is 4.37. The third-order valence-electron chi connectivity index (χ3n) is 5.14. The molecule has 0 spiro atoms. The van der Waals surface area contributed by atoms with E-state index in [1.165, 1.54) is 18.4 Å². The molecule has 2 aliphatic carbocycles. The average Bonchev–Trinajstić information content (AvgIpc) is 3.28. The van der Waals surface area contributed by atoms with Gasteiger partial charge in [0.2, 0.25) is 0 Å². The molecule has 1 aromatic carbocycles. The Balaban J connectivity index is 1.65. The minimum absolute atomic E-state index is 0.386. The van der Waals surface area contributed by atoms with Crippen molar-refractivity contribution in [3.05, 3.63) is 59.7 Å². The fourth-order valence-electron chi connectivity index (χ4n) is 4.24. The molecule has 4 rings (SSSR count). The highest BCUT2D eigenvalue weighted by molar-refractivity contribution is 5.41. The third kappa shape index (κ3) is 2.16. The van der Waals surface area contributed by atoms with Gasteiger partial charge in [0, 0.05) is 24.0 Å². The summed E-state index contributed by atoms with van der Waals surface area (Å²) >= 11 is 0. The van der Waals surface area contributed by atoms with Gasteiger partial charge in [-0.3, -0.25) is 0 Å². The summed E-state index contributed by atoms with van der Waals surface area (Å²) in [6.45, 7) is 3.16. The van der Waals surface area contributed by atoms with E-state index in [1.54, 1.807) is 17.5 Å². The maximum Gasteiger partial charge on any atom is 0.115 e. The summed E-state index contributed by atoms with van der Waals surface area (Å²) < 4.78 is 0. The number of hydrogen-bond acceptors (Lipinski definition) is 3. The van der Waals surface area contributed by atoms with Gasteiger partial charge in [-0.05, 0) is 48.3 Å². The van der Waals surface area contributed by atoms with E-state index in [9.17, 15) is 0 Å². The fourth-order valence-corrected chi connectivity index (χ4v) is 4.24. The minimum Gasteiger partial charge on any atom is -0.310 e. The lowest BCUT2D eigenvalue weighted by Crippen LogP contribution is -2.24. The van der Waals surface area contributed by atoms with Crippen LogP contribution < -0.4 is 5.32 Å². The van der Waals surface area contributed by atoms with E-state index >= 15 is 0 Å². The predicted molar refractivity (Wildman–Crippen MR) is 82.9 cm³/mol. The predicted octanol–water partition coefficient (Wildman–Crippen LogP) is 3.10. The Bertz CT molecular complexity index is 625. The summed E-state index contributed by atoms with van der Waals surface area (Å²) in [5.74, 6) is 2.24. The maximum absolute atomic E-state index is 4.21. The first-order chi connectivity index (χ1) is 10.4. The highest BCUT2D eigenvalue weighted by Gasteiger charge is 2.56. The van der Waals surface area contributed by atoms with Crippen molar-refractivity contribution in [2.45, 2.75) is 31.7 Å². The largest absolute Gasteiger partial charge is 0.310 e. The third-order valence-corrected chi connectivity index (χ3v) is 5.14. The van der Waals surface area contributed by atoms with Crippen molar-refractivity contribution < 1.29 is 0 Å². The fraction of sp³-hybridized carbons (Fsp3) is 0.444. The Morgan fingerprint density at radius 1 is 1.24 bits per heavy atom. The molecule has 21 heavy (non-hydrogen) atoms. The highest BCUT2D eigenvalue weighted by atomic mass is 14.9. The summed E-state index contributed by atoms with van der Waals surface area (Å²) in [7, 11) is 0. The number of benzene rings is 1. The van der Waals surface area contributed by atoms with Gasteiger partial charge < -0.3 is 5.32 Å². The van der Waals surface area contributed by atoms with E-state index in [-0.39, 0.29) is 0 Å². The molecule has 1 N–H and O–H groups in total. The van der Waals surface area contributed by atoms with Crippen LogP contribution in [-0.2, 0) is 6.42 Å². The SMILES string of the molecule is CCNC(c1cncnc1)C1C2CCc3ccccc3C21. The Labute approximate surface area is 125 Å². The normalized spacial score (nSPS) is 27.6. The Hall–Kier alpha value is -1.74. The molecular formula is C18H21N3. The van der Waals surface area contributed by atoms with Crippen LogP contribution in [0, 0.1) is 11.8 Å². The standard InChI is InChI=1S/C18H21N3/c1-2-21-18(13-9-19-11-20-10-13)17-15-8-7-12-5-3-4-6-14(12)16(15)17/h3-6,9-11,15-18,21H,2,7-8H2,1H3. The van der Waals surface area contributed by atoms with E-state index in [0.717, 1.165) is 18.4 Å². The number of nitrogens with zero attached hydrogens (tertiary/aromatic N) is 2. The first-order valence-electron chi connectivity index (χ1n) is 7.96. The zero-order valence-corrected chi connectivity index (χ0v) is 12.4. The lowest BCUT2D eigenvalue weighted by atomic mass is 9.92. The van der Waals surface area contributed by atoms with Crippen LogP contribution in [0.4, 0.5) is 0 Å². The highest BCUT2D eigenvalue weighted by Crippen LogP contribution is 2.64. The van der Waals surface area contributed by atoms with Gasteiger partial charge in [0.1, 0.15) is 6.33 Å². The Morgan fingerprint density at radius 2 is 2.05 bits per heavy atom. The molecule has 0 radical (unpaired) electrons. The monoisotopic (exact) mass is 279 g/mol. The molecular weight excluding hydrogens is 258 g/mol. The van der Waals surface area contributed by atoms with Crippen LogP contribution in [0.5, 0.6) is 0 Å². The van der Waals surface area contributed by atoms with Gasteiger partial charge in [0.05, 0.1) is 0 Å². The summed E-state index contributed by atoms with van der Waals surface area (Å²) in [5, 5.41) is 3.67. The molecule has 2 aliphatic rings. The molecule has 1 aromatic heterocycles. The zero-order valence-electron chi connectivity index (χ0n) is 12.4. The number of hydrogen-bond donors (Lipinski definition) is 1. The van der Waals surface area contributed by atoms with E-state index in [4.69, 9.17) is 0 Å².